The molecule has 7 heteroatoms. The first-order valence-corrected chi connectivity index (χ1v) is 8.77. The SMILES string of the molecule is C=CCCCCCCCCCCC(C(=O)O)C(O)(CC(=O)O)C(=O)O. The van der Waals surface area contributed by atoms with Gasteiger partial charge in [-0.15, -0.1) is 6.58 Å². The summed E-state index contributed by atoms with van der Waals surface area (Å²) in [7, 11) is 0. The van der Waals surface area contributed by atoms with Crippen LogP contribution in [0.1, 0.15) is 70.6 Å². The van der Waals surface area contributed by atoms with Crippen LogP contribution in [0.5, 0.6) is 0 Å². The van der Waals surface area contributed by atoms with E-state index < -0.39 is 35.8 Å². The Morgan fingerprint density at radius 2 is 1.36 bits per heavy atom. The van der Waals surface area contributed by atoms with Crippen LogP contribution < -0.4 is 0 Å². The minimum Gasteiger partial charge on any atom is -0.481 e. The van der Waals surface area contributed by atoms with E-state index in [1.165, 1.54) is 0 Å². The highest BCUT2D eigenvalue weighted by Crippen LogP contribution is 2.28. The number of carboxylic acid groups (broad SMARTS) is 3. The minimum absolute atomic E-state index is 0.0647. The van der Waals surface area contributed by atoms with Gasteiger partial charge in [0.2, 0.25) is 0 Å². The fourth-order valence-electron chi connectivity index (χ4n) is 2.84. The lowest BCUT2D eigenvalue weighted by Crippen LogP contribution is -2.50. The van der Waals surface area contributed by atoms with Gasteiger partial charge in [-0.05, 0) is 19.3 Å². The Labute approximate surface area is 148 Å². The zero-order valence-electron chi connectivity index (χ0n) is 14.7. The van der Waals surface area contributed by atoms with Gasteiger partial charge in [0.25, 0.3) is 0 Å². The number of carboxylic acids is 3. The predicted octanol–water partition coefficient (Wildman–Crippen LogP) is 3.06. The van der Waals surface area contributed by atoms with E-state index in [9.17, 15) is 24.6 Å². The fraction of sp³-hybridized carbons (Fsp3) is 0.722. The van der Waals surface area contributed by atoms with Crippen LogP contribution in [0.4, 0.5) is 0 Å². The van der Waals surface area contributed by atoms with E-state index in [4.69, 9.17) is 10.2 Å². The van der Waals surface area contributed by atoms with Crippen molar-refractivity contribution >= 4 is 17.9 Å². The number of unbranched alkanes of at least 4 members (excludes halogenated alkanes) is 8. The monoisotopic (exact) mass is 358 g/mol. The third-order valence-electron chi connectivity index (χ3n) is 4.32. The first-order chi connectivity index (χ1) is 11.8. The van der Waals surface area contributed by atoms with Crippen molar-refractivity contribution in [3.63, 3.8) is 0 Å². The van der Waals surface area contributed by atoms with E-state index in [0.717, 1.165) is 51.4 Å². The molecule has 0 amide bonds. The summed E-state index contributed by atoms with van der Waals surface area (Å²) in [4.78, 5) is 33.3. The molecule has 0 heterocycles. The van der Waals surface area contributed by atoms with Crippen molar-refractivity contribution in [2.75, 3.05) is 0 Å². The van der Waals surface area contributed by atoms with Crippen LogP contribution in [0, 0.1) is 5.92 Å². The van der Waals surface area contributed by atoms with Crippen molar-refractivity contribution in [3.8, 4) is 0 Å². The van der Waals surface area contributed by atoms with Gasteiger partial charge < -0.3 is 20.4 Å². The summed E-state index contributed by atoms with van der Waals surface area (Å²) in [6, 6.07) is 0. The summed E-state index contributed by atoms with van der Waals surface area (Å²) in [5, 5.41) is 37.1. The number of rotatable bonds is 16. The molecule has 0 spiro atoms. The van der Waals surface area contributed by atoms with Gasteiger partial charge in [0.1, 0.15) is 0 Å². The lowest BCUT2D eigenvalue weighted by atomic mass is 9.81. The number of allylic oxidation sites excluding steroid dienone is 1. The van der Waals surface area contributed by atoms with Crippen molar-refractivity contribution < 1.29 is 34.8 Å². The van der Waals surface area contributed by atoms with E-state index in [2.05, 4.69) is 6.58 Å². The molecule has 0 aliphatic rings. The van der Waals surface area contributed by atoms with E-state index in [0.29, 0.717) is 6.42 Å². The molecule has 2 unspecified atom stereocenters. The molecule has 7 nitrogen and oxygen atoms in total. The normalized spacial score (nSPS) is 14.4. The maximum Gasteiger partial charge on any atom is 0.337 e. The number of carbonyl (C=O) groups is 3. The first-order valence-electron chi connectivity index (χ1n) is 8.77. The summed E-state index contributed by atoms with van der Waals surface area (Å²) in [6.45, 7) is 3.67. The van der Waals surface area contributed by atoms with Gasteiger partial charge >= 0.3 is 17.9 Å². The zero-order valence-corrected chi connectivity index (χ0v) is 14.7. The summed E-state index contributed by atoms with van der Waals surface area (Å²) in [5.74, 6) is -6.50. The number of hydrogen-bond acceptors (Lipinski definition) is 4. The van der Waals surface area contributed by atoms with Crippen molar-refractivity contribution in [3.05, 3.63) is 12.7 Å². The summed E-state index contributed by atoms with van der Waals surface area (Å²) in [5.41, 5.74) is -2.79. The molecule has 0 rings (SSSR count). The van der Waals surface area contributed by atoms with Crippen LogP contribution >= 0.6 is 0 Å². The maximum absolute atomic E-state index is 11.3. The molecule has 0 aliphatic carbocycles. The van der Waals surface area contributed by atoms with Crippen molar-refractivity contribution in [1.82, 2.24) is 0 Å². The second-order valence-corrected chi connectivity index (χ2v) is 6.39. The standard InChI is InChI=1S/C18H30O7/c1-2-3-4-5-6-7-8-9-10-11-12-14(16(21)22)18(25,17(23)24)13-15(19)20/h2,14,25H,1,3-13H2,(H,19,20)(H,21,22)(H,23,24). The largest absolute Gasteiger partial charge is 0.481 e. The Bertz CT molecular complexity index is 447. The minimum atomic E-state index is -2.79. The van der Waals surface area contributed by atoms with E-state index in [1.54, 1.807) is 0 Å². The van der Waals surface area contributed by atoms with E-state index in [1.807, 2.05) is 6.08 Å². The predicted molar refractivity (Wildman–Crippen MR) is 92.3 cm³/mol. The third-order valence-corrected chi connectivity index (χ3v) is 4.32. The van der Waals surface area contributed by atoms with Gasteiger partial charge in [0.05, 0.1) is 12.3 Å². The van der Waals surface area contributed by atoms with Crippen LogP contribution in [0.2, 0.25) is 0 Å². The van der Waals surface area contributed by atoms with Crippen molar-refractivity contribution in [2.24, 2.45) is 5.92 Å². The van der Waals surface area contributed by atoms with Gasteiger partial charge in [-0.25, -0.2) is 4.79 Å². The highest BCUT2D eigenvalue weighted by molar-refractivity contribution is 5.89. The van der Waals surface area contributed by atoms with Crippen LogP contribution in [0.15, 0.2) is 12.7 Å². The average Bonchev–Trinajstić information content (AvgIpc) is 2.51. The summed E-state index contributed by atoms with van der Waals surface area (Å²) >= 11 is 0. The number of aliphatic carboxylic acids is 3. The molecule has 4 N–H and O–H groups in total. The molecule has 0 aromatic heterocycles. The smallest absolute Gasteiger partial charge is 0.337 e. The molecule has 144 valence electrons. The topological polar surface area (TPSA) is 132 Å². The van der Waals surface area contributed by atoms with Crippen LogP contribution in [0.25, 0.3) is 0 Å². The molecule has 0 radical (unpaired) electrons. The Morgan fingerprint density at radius 1 is 0.880 bits per heavy atom. The van der Waals surface area contributed by atoms with Gasteiger partial charge in [0.15, 0.2) is 5.60 Å². The zero-order chi connectivity index (χ0) is 19.3. The third kappa shape index (κ3) is 9.24. The summed E-state index contributed by atoms with van der Waals surface area (Å²) < 4.78 is 0. The molecule has 0 saturated heterocycles. The van der Waals surface area contributed by atoms with Gasteiger partial charge in [0, 0.05) is 0 Å². The van der Waals surface area contributed by atoms with Crippen LogP contribution in [-0.2, 0) is 14.4 Å². The number of hydrogen-bond donors (Lipinski definition) is 4. The molecule has 2 atom stereocenters. The van der Waals surface area contributed by atoms with Crippen LogP contribution in [0.3, 0.4) is 0 Å². The molecule has 0 saturated carbocycles. The van der Waals surface area contributed by atoms with E-state index in [-0.39, 0.29) is 6.42 Å². The van der Waals surface area contributed by atoms with Gasteiger partial charge in [-0.2, -0.15) is 0 Å². The Morgan fingerprint density at radius 3 is 1.76 bits per heavy atom. The highest BCUT2D eigenvalue weighted by atomic mass is 16.4. The molecule has 25 heavy (non-hydrogen) atoms. The van der Waals surface area contributed by atoms with Crippen LogP contribution in [-0.4, -0.2) is 43.9 Å². The molecule has 0 aromatic rings. The second-order valence-electron chi connectivity index (χ2n) is 6.39. The molecule has 0 aromatic carbocycles. The Balaban J connectivity index is 4.24. The van der Waals surface area contributed by atoms with E-state index >= 15 is 0 Å². The van der Waals surface area contributed by atoms with Crippen molar-refractivity contribution in [2.45, 2.75) is 76.2 Å². The van der Waals surface area contributed by atoms with Gasteiger partial charge in [-0.1, -0.05) is 51.0 Å². The quantitative estimate of drug-likeness (QED) is 0.246. The average molecular weight is 358 g/mol. The molecule has 0 aliphatic heterocycles. The maximum atomic E-state index is 11.3. The lowest BCUT2D eigenvalue weighted by Gasteiger charge is -2.28. The lowest BCUT2D eigenvalue weighted by molar-refractivity contribution is -0.179. The number of aliphatic hydroxyl groups is 1. The molecular weight excluding hydrogens is 328 g/mol. The molecule has 0 bridgehead atoms. The van der Waals surface area contributed by atoms with Crippen molar-refractivity contribution in [1.29, 1.82) is 0 Å². The van der Waals surface area contributed by atoms with Gasteiger partial charge in [-0.3, -0.25) is 9.59 Å². The second kappa shape index (κ2) is 12.5. The highest BCUT2D eigenvalue weighted by Gasteiger charge is 2.49. The Hall–Kier alpha value is -1.89. The fourth-order valence-corrected chi connectivity index (χ4v) is 2.84. The Kier molecular flexibility index (Phi) is 11.5. The first kappa shape index (κ1) is 23.1. The molecular formula is C18H30O7. The molecule has 0 fully saturated rings. The summed E-state index contributed by atoms with van der Waals surface area (Å²) in [6.07, 6.45) is 9.34.